The van der Waals surface area contributed by atoms with Gasteiger partial charge < -0.3 is 24.5 Å². The Labute approximate surface area is 242 Å². The van der Waals surface area contributed by atoms with Crippen LogP contribution in [0.3, 0.4) is 0 Å². The predicted molar refractivity (Wildman–Crippen MR) is 156 cm³/mol. The molecule has 8 nitrogen and oxygen atoms in total. The summed E-state index contributed by atoms with van der Waals surface area (Å²) in [7, 11) is 0. The second-order valence-electron chi connectivity index (χ2n) is 11.7. The number of carbonyl (C=O) groups is 3. The molecule has 0 radical (unpaired) electrons. The van der Waals surface area contributed by atoms with E-state index in [-0.39, 0.29) is 36.8 Å². The first-order valence-corrected chi connectivity index (χ1v) is 14.6. The van der Waals surface area contributed by atoms with E-state index in [4.69, 9.17) is 16.3 Å². The van der Waals surface area contributed by atoms with Crippen LogP contribution in [0.4, 0.5) is 5.69 Å². The fraction of sp³-hybridized carbons (Fsp3) is 0.581. The molecule has 3 amide bonds. The van der Waals surface area contributed by atoms with Crippen molar-refractivity contribution in [2.75, 3.05) is 31.1 Å². The van der Waals surface area contributed by atoms with E-state index in [9.17, 15) is 19.5 Å². The summed E-state index contributed by atoms with van der Waals surface area (Å²) in [5.74, 6) is -2.58. The van der Waals surface area contributed by atoms with Crippen LogP contribution in [0.2, 0.25) is 5.02 Å². The lowest BCUT2D eigenvalue weighted by Crippen LogP contribution is -2.60. The van der Waals surface area contributed by atoms with Crippen molar-refractivity contribution in [3.8, 4) is 0 Å². The number of para-hydroxylation sites is 1. The van der Waals surface area contributed by atoms with Gasteiger partial charge in [-0.1, -0.05) is 56.7 Å². The van der Waals surface area contributed by atoms with E-state index in [0.29, 0.717) is 36.6 Å². The predicted octanol–water partition coefficient (Wildman–Crippen LogP) is 4.07. The van der Waals surface area contributed by atoms with Gasteiger partial charge in [0.05, 0.1) is 40.8 Å². The maximum atomic E-state index is 14.7. The van der Waals surface area contributed by atoms with E-state index < -0.39 is 35.1 Å². The third kappa shape index (κ3) is 4.68. The molecular weight excluding hydrogens is 530 g/mol. The maximum Gasteiger partial charge on any atom is 0.253 e. The van der Waals surface area contributed by atoms with E-state index in [1.54, 1.807) is 41.3 Å². The van der Waals surface area contributed by atoms with Crippen molar-refractivity contribution in [1.29, 1.82) is 0 Å². The van der Waals surface area contributed by atoms with Gasteiger partial charge >= 0.3 is 0 Å². The number of rotatable bonds is 12. The number of benzene rings is 1. The minimum absolute atomic E-state index is 0.146. The molecule has 0 aliphatic carbocycles. The quantitative estimate of drug-likeness (QED) is 0.382. The van der Waals surface area contributed by atoms with E-state index in [0.717, 1.165) is 6.42 Å². The average Bonchev–Trinajstić information content (AvgIpc) is 3.48. The third-order valence-electron chi connectivity index (χ3n) is 8.90. The van der Waals surface area contributed by atoms with Gasteiger partial charge in [-0.05, 0) is 44.2 Å². The Hall–Kier alpha value is -2.68. The molecule has 3 fully saturated rings. The molecule has 2 bridgehead atoms. The molecule has 3 aliphatic heterocycles. The summed E-state index contributed by atoms with van der Waals surface area (Å²) in [4.78, 5) is 48.1. The summed E-state index contributed by atoms with van der Waals surface area (Å²) in [5, 5.41) is 10.9. The minimum Gasteiger partial charge on any atom is -0.394 e. The SMILES string of the molecule is C=CCN(CCC)C(=O)[C@@H]1[C@H]2C(=O)N([C@@H](CO)C(C)C)C(C(=O)N(CC=C)c3ccccc3Cl)C23CC[C@@]1(C)O3. The molecule has 218 valence electrons. The number of hydrogen-bond acceptors (Lipinski definition) is 5. The van der Waals surface area contributed by atoms with Crippen LogP contribution in [0, 0.1) is 17.8 Å². The Bertz CT molecular complexity index is 1170. The first kappa shape index (κ1) is 30.3. The molecule has 1 aromatic carbocycles. The summed E-state index contributed by atoms with van der Waals surface area (Å²) in [6.45, 7) is 16.1. The van der Waals surface area contributed by atoms with Gasteiger partial charge in [-0.15, -0.1) is 13.2 Å². The monoisotopic (exact) mass is 571 g/mol. The summed E-state index contributed by atoms with van der Waals surface area (Å²) >= 11 is 6.54. The van der Waals surface area contributed by atoms with Gasteiger partial charge in [0, 0.05) is 19.6 Å². The van der Waals surface area contributed by atoms with Crippen LogP contribution >= 0.6 is 11.6 Å². The number of carbonyl (C=O) groups excluding carboxylic acids is 3. The molecule has 3 aliphatic rings. The van der Waals surface area contributed by atoms with E-state index in [1.807, 2.05) is 27.7 Å². The fourth-order valence-corrected chi connectivity index (χ4v) is 7.40. The van der Waals surface area contributed by atoms with Crippen LogP contribution < -0.4 is 4.90 Å². The standard InChI is InChI=1S/C31H42ClN3O5/c1-7-16-33(17-8-2)27(37)24-25-28(38)35(23(19-36)20(4)5)26(31(25)15-14-30(24,6)40-31)29(39)34(18-9-3)22-13-11-10-12-21(22)32/h7,9-13,20,23-26,36H,1,3,8,14-19H2,2,4-6H3/t23-,24-,25-,26?,30+,31?/m0/s1. The van der Waals surface area contributed by atoms with E-state index >= 15 is 0 Å². The maximum absolute atomic E-state index is 14.7. The number of aliphatic hydroxyl groups excluding tert-OH is 1. The molecule has 3 heterocycles. The van der Waals surface area contributed by atoms with Crippen molar-refractivity contribution in [3.63, 3.8) is 0 Å². The number of aliphatic hydroxyl groups is 1. The first-order valence-electron chi connectivity index (χ1n) is 14.2. The number of fused-ring (bicyclic) bond motifs is 1. The lowest BCUT2D eigenvalue weighted by molar-refractivity contribution is -0.152. The second kappa shape index (κ2) is 11.7. The van der Waals surface area contributed by atoms with Crippen molar-refractivity contribution < 1.29 is 24.2 Å². The van der Waals surface area contributed by atoms with Gasteiger partial charge in [-0.2, -0.15) is 0 Å². The Kier molecular flexibility index (Phi) is 8.83. The van der Waals surface area contributed by atoms with Crippen LogP contribution in [0.25, 0.3) is 0 Å². The minimum atomic E-state index is -1.21. The van der Waals surface area contributed by atoms with Crippen molar-refractivity contribution in [2.45, 2.75) is 70.2 Å². The number of amides is 3. The second-order valence-corrected chi connectivity index (χ2v) is 12.1. The smallest absolute Gasteiger partial charge is 0.253 e. The highest BCUT2D eigenvalue weighted by molar-refractivity contribution is 6.34. The molecular formula is C31H42ClN3O5. The van der Waals surface area contributed by atoms with Crippen molar-refractivity contribution in [1.82, 2.24) is 9.80 Å². The molecule has 0 saturated carbocycles. The fourth-order valence-electron chi connectivity index (χ4n) is 7.16. The number of halogens is 1. The summed E-state index contributed by atoms with van der Waals surface area (Å²) in [6.07, 6.45) is 5.05. The van der Waals surface area contributed by atoms with E-state index in [2.05, 4.69) is 13.2 Å². The molecule has 1 spiro atoms. The highest BCUT2D eigenvalue weighted by Gasteiger charge is 2.79. The largest absolute Gasteiger partial charge is 0.394 e. The lowest BCUT2D eigenvalue weighted by Gasteiger charge is -2.40. The number of nitrogens with zero attached hydrogens (tertiary/aromatic N) is 3. The van der Waals surface area contributed by atoms with E-state index in [1.165, 1.54) is 9.80 Å². The van der Waals surface area contributed by atoms with Crippen LogP contribution in [0.5, 0.6) is 0 Å². The van der Waals surface area contributed by atoms with Crippen LogP contribution in [0.1, 0.15) is 47.0 Å². The first-order chi connectivity index (χ1) is 19.0. The molecule has 1 N–H and O–H groups in total. The number of hydrogen-bond donors (Lipinski definition) is 1. The number of likely N-dealkylation sites (tertiary alicyclic amines) is 1. The average molecular weight is 572 g/mol. The number of anilines is 1. The third-order valence-corrected chi connectivity index (χ3v) is 9.22. The molecule has 40 heavy (non-hydrogen) atoms. The Morgan fingerprint density at radius 1 is 1.20 bits per heavy atom. The molecule has 2 unspecified atom stereocenters. The van der Waals surface area contributed by atoms with Crippen molar-refractivity contribution in [2.24, 2.45) is 17.8 Å². The van der Waals surface area contributed by atoms with Crippen molar-refractivity contribution >= 4 is 35.0 Å². The molecule has 9 heteroatoms. The van der Waals surface area contributed by atoms with Crippen LogP contribution in [0.15, 0.2) is 49.6 Å². The lowest BCUT2D eigenvalue weighted by atomic mass is 9.66. The van der Waals surface area contributed by atoms with Crippen molar-refractivity contribution in [3.05, 3.63) is 54.6 Å². The van der Waals surface area contributed by atoms with Gasteiger partial charge in [0.1, 0.15) is 11.6 Å². The number of ether oxygens (including phenoxy) is 1. The summed E-state index contributed by atoms with van der Waals surface area (Å²) < 4.78 is 6.79. The molecule has 3 saturated heterocycles. The molecule has 1 aromatic rings. The zero-order chi connectivity index (χ0) is 29.4. The summed E-state index contributed by atoms with van der Waals surface area (Å²) in [6, 6.07) is 5.36. The van der Waals surface area contributed by atoms with Gasteiger partial charge in [-0.25, -0.2) is 0 Å². The zero-order valence-electron chi connectivity index (χ0n) is 24.0. The zero-order valence-corrected chi connectivity index (χ0v) is 24.8. The van der Waals surface area contributed by atoms with Crippen LogP contribution in [-0.2, 0) is 19.1 Å². The molecule has 4 rings (SSSR count). The molecule has 0 aromatic heterocycles. The highest BCUT2D eigenvalue weighted by atomic mass is 35.5. The Balaban J connectivity index is 1.87. The molecule has 6 atom stereocenters. The van der Waals surface area contributed by atoms with Gasteiger partial charge in [0.2, 0.25) is 11.8 Å². The summed E-state index contributed by atoms with van der Waals surface area (Å²) in [5.41, 5.74) is -1.61. The van der Waals surface area contributed by atoms with Gasteiger partial charge in [0.25, 0.3) is 5.91 Å². The normalized spacial score (nSPS) is 29.4. The topological polar surface area (TPSA) is 90.4 Å². The Morgan fingerprint density at radius 3 is 2.45 bits per heavy atom. The Morgan fingerprint density at radius 2 is 1.88 bits per heavy atom. The van der Waals surface area contributed by atoms with Gasteiger partial charge in [0.15, 0.2) is 0 Å². The van der Waals surface area contributed by atoms with Crippen LogP contribution in [-0.4, -0.2) is 82.2 Å². The van der Waals surface area contributed by atoms with Gasteiger partial charge in [-0.3, -0.25) is 14.4 Å². The highest BCUT2D eigenvalue weighted by Crippen LogP contribution is 2.64.